The predicted octanol–water partition coefficient (Wildman–Crippen LogP) is 4.67. The first-order chi connectivity index (χ1) is 20.6. The van der Waals surface area contributed by atoms with Crippen molar-refractivity contribution in [2.24, 2.45) is 18.9 Å². The monoisotopic (exact) mass is 609 g/mol. The zero-order valence-electron chi connectivity index (χ0n) is 25.5. The fraction of sp³-hybridized carbons (Fsp3) is 0.515. The van der Waals surface area contributed by atoms with Crippen LogP contribution in [-0.2, 0) is 42.6 Å². The molecule has 0 bridgehead atoms. The second kappa shape index (κ2) is 13.2. The quantitative estimate of drug-likeness (QED) is 0.354. The molecule has 9 nitrogen and oxygen atoms in total. The summed E-state index contributed by atoms with van der Waals surface area (Å²) >= 11 is 0. The van der Waals surface area contributed by atoms with Crippen molar-refractivity contribution in [2.75, 3.05) is 26.9 Å². The lowest BCUT2D eigenvalue weighted by Crippen LogP contribution is -2.53. The largest absolute Gasteiger partial charge is 0.469 e. The van der Waals surface area contributed by atoms with Crippen LogP contribution in [0.5, 0.6) is 0 Å². The summed E-state index contributed by atoms with van der Waals surface area (Å²) in [6, 6.07) is 15.2. The number of sulfonamides is 1. The van der Waals surface area contributed by atoms with Crippen LogP contribution in [0, 0.1) is 11.8 Å². The van der Waals surface area contributed by atoms with E-state index in [4.69, 9.17) is 9.47 Å². The highest BCUT2D eigenvalue weighted by Crippen LogP contribution is 2.32. The van der Waals surface area contributed by atoms with Crippen molar-refractivity contribution in [1.82, 2.24) is 14.2 Å². The lowest BCUT2D eigenvalue weighted by Gasteiger charge is -2.41. The Morgan fingerprint density at radius 1 is 1.05 bits per heavy atom. The molecule has 2 aliphatic rings. The molecule has 3 aromatic rings. The molecule has 2 heterocycles. The van der Waals surface area contributed by atoms with Gasteiger partial charge >= 0.3 is 5.97 Å². The van der Waals surface area contributed by atoms with Crippen molar-refractivity contribution in [1.29, 1.82) is 0 Å². The molecule has 2 aromatic carbocycles. The zero-order valence-corrected chi connectivity index (χ0v) is 26.4. The van der Waals surface area contributed by atoms with Crippen LogP contribution in [-0.4, -0.2) is 68.7 Å². The van der Waals surface area contributed by atoms with Crippen LogP contribution in [0.1, 0.15) is 51.5 Å². The van der Waals surface area contributed by atoms with Crippen LogP contribution >= 0.6 is 0 Å². The number of carbonyl (C=O) groups is 2. The van der Waals surface area contributed by atoms with Gasteiger partial charge in [-0.2, -0.15) is 0 Å². The Morgan fingerprint density at radius 3 is 2.44 bits per heavy atom. The predicted molar refractivity (Wildman–Crippen MR) is 166 cm³/mol. The van der Waals surface area contributed by atoms with Crippen LogP contribution in [0.15, 0.2) is 53.4 Å². The minimum atomic E-state index is -3.74. The van der Waals surface area contributed by atoms with E-state index in [1.54, 1.807) is 12.1 Å². The Labute approximate surface area is 254 Å². The van der Waals surface area contributed by atoms with Crippen LogP contribution in [0.3, 0.4) is 0 Å². The maximum absolute atomic E-state index is 13.4. The lowest BCUT2D eigenvalue weighted by molar-refractivity contribution is -0.147. The van der Waals surface area contributed by atoms with Gasteiger partial charge in [0.1, 0.15) is 0 Å². The molecule has 1 saturated carbocycles. The van der Waals surface area contributed by atoms with Gasteiger partial charge in [-0.05, 0) is 67.3 Å². The second-order valence-electron chi connectivity index (χ2n) is 12.2. The summed E-state index contributed by atoms with van der Waals surface area (Å²) in [6.07, 6.45) is 3.57. The Kier molecular flexibility index (Phi) is 9.58. The molecule has 1 N–H and O–H groups in total. The van der Waals surface area contributed by atoms with Gasteiger partial charge in [0.2, 0.25) is 15.9 Å². The van der Waals surface area contributed by atoms with Gasteiger partial charge in [0, 0.05) is 48.6 Å². The Bertz CT molecular complexity index is 1560. The normalized spacial score (nSPS) is 21.3. The molecule has 1 aromatic heterocycles. The number of methoxy groups -OCH3 is 1. The summed E-state index contributed by atoms with van der Waals surface area (Å²) in [6.45, 7) is 6.01. The van der Waals surface area contributed by atoms with Gasteiger partial charge in [0.25, 0.3) is 0 Å². The number of rotatable bonds is 9. The number of ether oxygens (including phenoxy) is 2. The summed E-state index contributed by atoms with van der Waals surface area (Å²) in [7, 11) is -0.412. The minimum Gasteiger partial charge on any atom is -0.469 e. The summed E-state index contributed by atoms with van der Waals surface area (Å²) < 4.78 is 42.1. The van der Waals surface area contributed by atoms with Crippen LogP contribution < -0.4 is 4.72 Å². The van der Waals surface area contributed by atoms with Gasteiger partial charge in [0.05, 0.1) is 31.3 Å². The smallest absolute Gasteiger partial charge is 0.305 e. The Hall–Kier alpha value is -3.21. The molecule has 0 spiro atoms. The van der Waals surface area contributed by atoms with Crippen molar-refractivity contribution in [3.8, 4) is 11.3 Å². The molecule has 5 rings (SSSR count). The number of hydrogen-bond donors (Lipinski definition) is 1. The first kappa shape index (κ1) is 31.2. The lowest BCUT2D eigenvalue weighted by atomic mass is 9.85. The maximum Gasteiger partial charge on any atom is 0.305 e. The van der Waals surface area contributed by atoms with E-state index in [-0.39, 0.29) is 34.8 Å². The number of hydrogen-bond acceptors (Lipinski definition) is 6. The third-order valence-electron chi connectivity index (χ3n) is 9.04. The third kappa shape index (κ3) is 6.97. The molecular formula is C33H43N3O6S. The molecule has 43 heavy (non-hydrogen) atoms. The number of nitrogens with one attached hydrogen (secondary N) is 1. The zero-order chi connectivity index (χ0) is 30.7. The Balaban J connectivity index is 1.23. The number of morpholine rings is 1. The van der Waals surface area contributed by atoms with Gasteiger partial charge in [-0.1, -0.05) is 44.2 Å². The van der Waals surface area contributed by atoms with Crippen LogP contribution in [0.25, 0.3) is 22.2 Å². The van der Waals surface area contributed by atoms with Gasteiger partial charge in [-0.25, -0.2) is 13.1 Å². The molecule has 1 aliphatic carbocycles. The molecule has 1 amide bonds. The molecule has 0 radical (unpaired) electrons. The standard InChI is InChI=1S/C33H43N3O6S/c1-22(2)31-21-42-18-17-36(31)33(38)25-10-13-27(14-11-25)34-43(39,40)28-15-12-26-19-29(35(3)30(26)20-28)24-8-5-23(6-9-24)7-16-32(37)41-4/h5-6,8-9,12,15,19-20,22,25,27,31,34H,7,10-11,13-14,16-18,21H2,1-4H3/t25?,27?,31-/m1/s1. The number of esters is 1. The molecule has 1 saturated heterocycles. The van der Waals surface area contributed by atoms with E-state index in [2.05, 4.69) is 24.6 Å². The number of carbonyl (C=O) groups excluding carboxylic acids is 2. The summed E-state index contributed by atoms with van der Waals surface area (Å²) in [5.41, 5.74) is 3.85. The number of aromatic nitrogens is 1. The van der Waals surface area contributed by atoms with Crippen molar-refractivity contribution in [3.63, 3.8) is 0 Å². The fourth-order valence-corrected chi connectivity index (χ4v) is 7.70. The number of amides is 1. The first-order valence-corrected chi connectivity index (χ1v) is 16.7. The van der Waals surface area contributed by atoms with Crippen LogP contribution in [0.2, 0.25) is 0 Å². The minimum absolute atomic E-state index is 0.0693. The third-order valence-corrected chi connectivity index (χ3v) is 10.6. The molecule has 2 fully saturated rings. The topological polar surface area (TPSA) is 107 Å². The molecular weight excluding hydrogens is 566 g/mol. The molecule has 0 unspecified atom stereocenters. The van der Waals surface area contributed by atoms with Crippen LogP contribution in [0.4, 0.5) is 0 Å². The van der Waals surface area contributed by atoms with E-state index in [9.17, 15) is 18.0 Å². The van der Waals surface area contributed by atoms with Crippen molar-refractivity contribution >= 4 is 32.8 Å². The Morgan fingerprint density at radius 2 is 1.77 bits per heavy atom. The van der Waals surface area contributed by atoms with Crippen molar-refractivity contribution in [3.05, 3.63) is 54.1 Å². The van der Waals surface area contributed by atoms with Crippen molar-refractivity contribution < 1.29 is 27.5 Å². The number of fused-ring (bicyclic) bond motifs is 1. The highest BCUT2D eigenvalue weighted by Gasteiger charge is 2.36. The van der Waals surface area contributed by atoms with E-state index in [0.717, 1.165) is 27.7 Å². The highest BCUT2D eigenvalue weighted by atomic mass is 32.2. The van der Waals surface area contributed by atoms with E-state index in [1.807, 2.05) is 46.8 Å². The average Bonchev–Trinajstić information content (AvgIpc) is 3.35. The van der Waals surface area contributed by atoms with E-state index in [1.165, 1.54) is 7.11 Å². The van der Waals surface area contributed by atoms with E-state index in [0.29, 0.717) is 64.2 Å². The molecule has 10 heteroatoms. The van der Waals surface area contributed by atoms with Crippen molar-refractivity contribution in [2.45, 2.75) is 69.4 Å². The average molecular weight is 610 g/mol. The molecule has 1 atom stereocenters. The summed E-state index contributed by atoms with van der Waals surface area (Å²) in [4.78, 5) is 27.0. The fourth-order valence-electron chi connectivity index (χ4n) is 6.37. The number of benzene rings is 2. The SMILES string of the molecule is COC(=O)CCc1ccc(-c2cc3ccc(S(=O)(=O)NC4CCC(C(=O)N5CCOC[C@@H]5C(C)C)CC4)cc3n2C)cc1. The molecule has 232 valence electrons. The van der Waals surface area contributed by atoms with Gasteiger partial charge in [-0.3, -0.25) is 9.59 Å². The number of aryl methyl sites for hydroxylation is 2. The summed E-state index contributed by atoms with van der Waals surface area (Å²) in [5, 5.41) is 0.952. The van der Waals surface area contributed by atoms with E-state index >= 15 is 0 Å². The maximum atomic E-state index is 13.4. The highest BCUT2D eigenvalue weighted by molar-refractivity contribution is 7.89. The second-order valence-corrected chi connectivity index (χ2v) is 13.9. The van der Waals surface area contributed by atoms with E-state index < -0.39 is 10.0 Å². The molecule has 1 aliphatic heterocycles. The first-order valence-electron chi connectivity index (χ1n) is 15.2. The number of nitrogens with zero attached hydrogens (tertiary/aromatic N) is 2. The van der Waals surface area contributed by atoms with Gasteiger partial charge in [-0.15, -0.1) is 0 Å². The summed E-state index contributed by atoms with van der Waals surface area (Å²) in [5.74, 6) is 0.212. The van der Waals surface area contributed by atoms with Gasteiger partial charge in [0.15, 0.2) is 0 Å². The van der Waals surface area contributed by atoms with Gasteiger partial charge < -0.3 is 18.9 Å².